The van der Waals surface area contributed by atoms with Gasteiger partial charge in [0.25, 0.3) is 5.91 Å². The van der Waals surface area contributed by atoms with Crippen LogP contribution in [0.15, 0.2) is 48.5 Å². The summed E-state index contributed by atoms with van der Waals surface area (Å²) in [4.78, 5) is 28.1. The molecule has 2 aromatic rings. The molecular formula is C20H25N3O3. The number of carboxylic acid groups (broad SMARTS) is 1. The molecule has 6 nitrogen and oxygen atoms in total. The summed E-state index contributed by atoms with van der Waals surface area (Å²) < 4.78 is 0. The van der Waals surface area contributed by atoms with Gasteiger partial charge in [-0.15, -0.1) is 0 Å². The topological polar surface area (TPSA) is 72.9 Å². The molecule has 0 aliphatic carbocycles. The number of carbonyl (C=O) groups excluding carboxylic acids is 1. The summed E-state index contributed by atoms with van der Waals surface area (Å²) in [6.45, 7) is 4.23. The number of amides is 1. The molecule has 0 aliphatic heterocycles. The zero-order valence-electron chi connectivity index (χ0n) is 15.4. The fourth-order valence-corrected chi connectivity index (χ4v) is 2.62. The Labute approximate surface area is 154 Å². The number of nitrogens with one attached hydrogen (secondary N) is 1. The van der Waals surface area contributed by atoms with Gasteiger partial charge in [0.2, 0.25) is 0 Å². The highest BCUT2D eigenvalue weighted by molar-refractivity contribution is 6.05. The van der Waals surface area contributed by atoms with Crippen molar-refractivity contribution in [2.45, 2.75) is 6.92 Å². The highest BCUT2D eigenvalue weighted by atomic mass is 16.4. The van der Waals surface area contributed by atoms with Crippen LogP contribution in [0, 0.1) is 0 Å². The van der Waals surface area contributed by atoms with Gasteiger partial charge in [-0.2, -0.15) is 0 Å². The first-order valence-corrected chi connectivity index (χ1v) is 8.55. The Kier molecular flexibility index (Phi) is 6.74. The maximum absolute atomic E-state index is 12.3. The van der Waals surface area contributed by atoms with Crippen LogP contribution in [0.2, 0.25) is 0 Å². The highest BCUT2D eigenvalue weighted by Crippen LogP contribution is 2.25. The minimum atomic E-state index is -1.01. The summed E-state index contributed by atoms with van der Waals surface area (Å²) in [6, 6.07) is 13.8. The van der Waals surface area contributed by atoms with Gasteiger partial charge in [-0.3, -0.25) is 4.79 Å². The van der Waals surface area contributed by atoms with Gasteiger partial charge in [-0.05, 0) is 51.4 Å². The molecule has 0 heterocycles. The first-order valence-electron chi connectivity index (χ1n) is 8.55. The first kappa shape index (κ1) is 19.5. The van der Waals surface area contributed by atoms with Crippen molar-refractivity contribution in [3.63, 3.8) is 0 Å². The molecule has 0 saturated heterocycles. The third-order valence-corrected chi connectivity index (χ3v) is 4.06. The molecule has 0 saturated carbocycles. The van der Waals surface area contributed by atoms with E-state index in [1.165, 1.54) is 6.07 Å². The molecule has 2 aromatic carbocycles. The second-order valence-corrected chi connectivity index (χ2v) is 6.24. The van der Waals surface area contributed by atoms with Crippen molar-refractivity contribution < 1.29 is 14.7 Å². The average molecular weight is 355 g/mol. The van der Waals surface area contributed by atoms with Crippen LogP contribution in [0.25, 0.3) is 0 Å². The zero-order chi connectivity index (χ0) is 19.1. The van der Waals surface area contributed by atoms with E-state index in [0.717, 1.165) is 13.1 Å². The van der Waals surface area contributed by atoms with Crippen LogP contribution >= 0.6 is 0 Å². The zero-order valence-corrected chi connectivity index (χ0v) is 15.4. The number of likely N-dealkylation sites (N-methyl/N-ethyl adjacent to an activating group) is 2. The average Bonchev–Trinajstić information content (AvgIpc) is 2.63. The van der Waals surface area contributed by atoms with E-state index in [4.69, 9.17) is 0 Å². The molecule has 1 amide bonds. The van der Waals surface area contributed by atoms with E-state index in [1.807, 2.05) is 32.0 Å². The monoisotopic (exact) mass is 355 g/mol. The van der Waals surface area contributed by atoms with Gasteiger partial charge < -0.3 is 20.2 Å². The number of carboxylic acids is 1. The standard InChI is InChI=1S/C20H25N3O3/c1-4-23(13-12-22(2)3)18-11-10-16(14-17(18)20(25)26)21-19(24)15-8-6-5-7-9-15/h5-11,14H,4,12-13H2,1-3H3,(H,21,24)(H,25,26). The van der Waals surface area contributed by atoms with Crippen LogP contribution in [0.4, 0.5) is 11.4 Å². The van der Waals surface area contributed by atoms with Gasteiger partial charge in [-0.25, -0.2) is 4.79 Å². The van der Waals surface area contributed by atoms with E-state index in [9.17, 15) is 14.7 Å². The summed E-state index contributed by atoms with van der Waals surface area (Å²) in [5.41, 5.74) is 1.81. The van der Waals surface area contributed by atoms with E-state index in [1.54, 1.807) is 36.4 Å². The smallest absolute Gasteiger partial charge is 0.337 e. The van der Waals surface area contributed by atoms with Crippen LogP contribution in [0.5, 0.6) is 0 Å². The molecule has 26 heavy (non-hydrogen) atoms. The van der Waals surface area contributed by atoms with Crippen molar-refractivity contribution in [1.29, 1.82) is 0 Å². The van der Waals surface area contributed by atoms with Crippen molar-refractivity contribution in [3.05, 3.63) is 59.7 Å². The van der Waals surface area contributed by atoms with Gasteiger partial charge in [0.1, 0.15) is 0 Å². The van der Waals surface area contributed by atoms with Crippen molar-refractivity contribution in [2.24, 2.45) is 0 Å². The number of aromatic carboxylic acids is 1. The van der Waals surface area contributed by atoms with Crippen LogP contribution in [-0.2, 0) is 0 Å². The minimum absolute atomic E-state index is 0.177. The number of anilines is 2. The lowest BCUT2D eigenvalue weighted by Crippen LogP contribution is -2.32. The molecule has 138 valence electrons. The van der Waals surface area contributed by atoms with E-state index in [2.05, 4.69) is 10.2 Å². The number of rotatable bonds is 8. The summed E-state index contributed by atoms with van der Waals surface area (Å²) in [7, 11) is 3.96. The Balaban J connectivity index is 2.25. The molecule has 0 spiro atoms. The lowest BCUT2D eigenvalue weighted by molar-refractivity contribution is 0.0697. The molecule has 2 rings (SSSR count). The summed E-state index contributed by atoms with van der Waals surface area (Å²) in [5, 5.41) is 12.4. The van der Waals surface area contributed by atoms with E-state index in [-0.39, 0.29) is 11.5 Å². The molecule has 6 heteroatoms. The van der Waals surface area contributed by atoms with Gasteiger partial charge in [0.15, 0.2) is 0 Å². The molecule has 0 aromatic heterocycles. The van der Waals surface area contributed by atoms with E-state index in [0.29, 0.717) is 23.5 Å². The molecule has 0 fully saturated rings. The van der Waals surface area contributed by atoms with Gasteiger partial charge in [-0.1, -0.05) is 18.2 Å². The Bertz CT molecular complexity index is 760. The Hall–Kier alpha value is -2.86. The predicted octanol–water partition coefficient (Wildman–Crippen LogP) is 3.03. The SMILES string of the molecule is CCN(CCN(C)C)c1ccc(NC(=O)c2ccccc2)cc1C(=O)O. The first-order chi connectivity index (χ1) is 12.4. The number of benzene rings is 2. The molecular weight excluding hydrogens is 330 g/mol. The Morgan fingerprint density at radius 3 is 2.31 bits per heavy atom. The summed E-state index contributed by atoms with van der Waals surface area (Å²) in [6.07, 6.45) is 0. The number of hydrogen-bond acceptors (Lipinski definition) is 4. The van der Waals surface area contributed by atoms with Gasteiger partial charge in [0.05, 0.1) is 11.3 Å². The quantitative estimate of drug-likeness (QED) is 0.761. The predicted molar refractivity (Wildman–Crippen MR) is 104 cm³/mol. The summed E-state index contributed by atoms with van der Waals surface area (Å²) >= 11 is 0. The molecule has 0 aliphatic rings. The third kappa shape index (κ3) is 5.07. The third-order valence-electron chi connectivity index (χ3n) is 4.06. The maximum atomic E-state index is 12.3. The van der Waals surface area contributed by atoms with Crippen LogP contribution in [-0.4, -0.2) is 55.6 Å². The normalized spacial score (nSPS) is 10.6. The van der Waals surface area contributed by atoms with Crippen LogP contribution in [0.3, 0.4) is 0 Å². The van der Waals surface area contributed by atoms with Crippen LogP contribution < -0.4 is 10.2 Å². The Morgan fingerprint density at radius 2 is 1.73 bits per heavy atom. The van der Waals surface area contributed by atoms with Crippen molar-refractivity contribution in [3.8, 4) is 0 Å². The van der Waals surface area contributed by atoms with Crippen LogP contribution in [0.1, 0.15) is 27.6 Å². The fraction of sp³-hybridized carbons (Fsp3) is 0.300. The number of hydrogen-bond donors (Lipinski definition) is 2. The Morgan fingerprint density at radius 1 is 1.04 bits per heavy atom. The lowest BCUT2D eigenvalue weighted by atomic mass is 10.1. The van der Waals surface area contributed by atoms with Crippen molar-refractivity contribution in [2.75, 3.05) is 43.9 Å². The van der Waals surface area contributed by atoms with Crippen molar-refractivity contribution in [1.82, 2.24) is 4.90 Å². The minimum Gasteiger partial charge on any atom is -0.478 e. The molecule has 0 radical (unpaired) electrons. The maximum Gasteiger partial charge on any atom is 0.337 e. The molecule has 2 N–H and O–H groups in total. The van der Waals surface area contributed by atoms with Gasteiger partial charge >= 0.3 is 5.97 Å². The molecule has 0 unspecified atom stereocenters. The van der Waals surface area contributed by atoms with E-state index >= 15 is 0 Å². The largest absolute Gasteiger partial charge is 0.478 e. The number of nitrogens with zero attached hydrogens (tertiary/aromatic N) is 2. The van der Waals surface area contributed by atoms with Crippen molar-refractivity contribution >= 4 is 23.3 Å². The van der Waals surface area contributed by atoms with Gasteiger partial charge in [0, 0.05) is 30.9 Å². The number of carbonyl (C=O) groups is 2. The highest BCUT2D eigenvalue weighted by Gasteiger charge is 2.17. The second-order valence-electron chi connectivity index (χ2n) is 6.24. The second kappa shape index (κ2) is 9.01. The lowest BCUT2D eigenvalue weighted by Gasteiger charge is -2.26. The van der Waals surface area contributed by atoms with E-state index < -0.39 is 5.97 Å². The molecule has 0 atom stereocenters. The molecule has 0 bridgehead atoms. The summed E-state index contributed by atoms with van der Waals surface area (Å²) in [5.74, 6) is -1.28. The fourth-order valence-electron chi connectivity index (χ4n) is 2.62.